The number of amides is 2. The molecule has 6 nitrogen and oxygen atoms in total. The minimum atomic E-state index is -0.450. The molecule has 0 atom stereocenters. The largest absolute Gasteiger partial charge is 0.326 e. The Morgan fingerprint density at radius 2 is 1.87 bits per heavy atom. The van der Waals surface area contributed by atoms with E-state index in [1.165, 1.54) is 0 Å². The molecule has 2 aromatic rings. The number of hydrogen-bond donors (Lipinski definition) is 2. The highest BCUT2D eigenvalue weighted by Gasteiger charge is 2.22. The Balaban J connectivity index is 1.75. The number of Topliss-reactive ketones (excluding diaryl/α,β-unsaturated/α-hetero) is 1. The summed E-state index contributed by atoms with van der Waals surface area (Å²) in [4.78, 5) is 32.4. The average molecular weight is 331 g/mol. The van der Waals surface area contributed by atoms with Gasteiger partial charge in [0.05, 0.1) is 17.0 Å². The molecule has 3 rings (SSSR count). The van der Waals surface area contributed by atoms with Crippen molar-refractivity contribution >= 4 is 35.1 Å². The summed E-state index contributed by atoms with van der Waals surface area (Å²) < 4.78 is 0. The van der Waals surface area contributed by atoms with Crippen molar-refractivity contribution in [1.82, 2.24) is 9.97 Å². The number of urea groups is 1. The second-order valence-corrected chi connectivity index (χ2v) is 5.75. The van der Waals surface area contributed by atoms with Crippen LogP contribution in [0.3, 0.4) is 0 Å². The molecule has 0 radical (unpaired) electrons. The Labute approximate surface area is 138 Å². The van der Waals surface area contributed by atoms with Crippen LogP contribution in [0.2, 0.25) is 5.02 Å². The minimum Gasteiger partial charge on any atom is -0.308 e. The van der Waals surface area contributed by atoms with Crippen LogP contribution in [0.25, 0.3) is 0 Å². The van der Waals surface area contributed by atoms with Crippen molar-refractivity contribution in [3.05, 3.63) is 46.2 Å². The van der Waals surface area contributed by atoms with Gasteiger partial charge in [0.2, 0.25) is 5.95 Å². The summed E-state index contributed by atoms with van der Waals surface area (Å²) in [5.74, 6) is 0.267. The van der Waals surface area contributed by atoms with Crippen molar-refractivity contribution in [1.29, 1.82) is 0 Å². The minimum absolute atomic E-state index is 0.0703. The van der Waals surface area contributed by atoms with E-state index in [4.69, 9.17) is 11.6 Å². The molecule has 0 saturated heterocycles. The fourth-order valence-electron chi connectivity index (χ4n) is 2.57. The zero-order valence-corrected chi connectivity index (χ0v) is 13.3. The molecular weight excluding hydrogens is 316 g/mol. The number of carbonyl (C=O) groups is 2. The van der Waals surface area contributed by atoms with E-state index in [2.05, 4.69) is 20.6 Å². The van der Waals surface area contributed by atoms with Gasteiger partial charge in [-0.05, 0) is 44.0 Å². The van der Waals surface area contributed by atoms with Crippen LogP contribution in [-0.2, 0) is 6.42 Å². The van der Waals surface area contributed by atoms with Gasteiger partial charge in [0.15, 0.2) is 5.78 Å². The number of aromatic nitrogens is 2. The number of benzene rings is 1. The normalized spacial score (nSPS) is 13.4. The number of hydrogen-bond acceptors (Lipinski definition) is 4. The number of anilines is 2. The van der Waals surface area contributed by atoms with Crippen LogP contribution < -0.4 is 10.6 Å². The number of nitrogens with one attached hydrogen (secondary N) is 2. The summed E-state index contributed by atoms with van der Waals surface area (Å²) in [6, 6.07) is 6.30. The van der Waals surface area contributed by atoms with Crippen molar-refractivity contribution in [3.8, 4) is 0 Å². The fourth-order valence-corrected chi connectivity index (χ4v) is 2.70. The van der Waals surface area contributed by atoms with Gasteiger partial charge in [0, 0.05) is 17.1 Å². The molecule has 7 heteroatoms. The molecule has 0 fully saturated rings. The van der Waals surface area contributed by atoms with E-state index >= 15 is 0 Å². The van der Waals surface area contributed by atoms with Crippen LogP contribution in [0.15, 0.2) is 24.3 Å². The average Bonchev–Trinajstić information content (AvgIpc) is 2.49. The summed E-state index contributed by atoms with van der Waals surface area (Å²) in [7, 11) is 0. The maximum atomic E-state index is 12.0. The number of nitrogens with zero attached hydrogens (tertiary/aromatic N) is 2. The summed E-state index contributed by atoms with van der Waals surface area (Å²) in [6.45, 7) is 1.76. The lowest BCUT2D eigenvalue weighted by atomic mass is 9.94. The Morgan fingerprint density at radius 3 is 2.61 bits per heavy atom. The fraction of sp³-hybridized carbons (Fsp3) is 0.250. The number of carbonyl (C=O) groups excluding carboxylic acids is 2. The Morgan fingerprint density at radius 1 is 1.13 bits per heavy atom. The molecule has 1 aromatic heterocycles. The van der Waals surface area contributed by atoms with E-state index in [0.717, 1.165) is 12.8 Å². The Hall–Kier alpha value is -2.47. The van der Waals surface area contributed by atoms with E-state index in [1.54, 1.807) is 31.2 Å². The molecule has 0 bridgehead atoms. The highest BCUT2D eigenvalue weighted by atomic mass is 35.5. The van der Waals surface area contributed by atoms with Crippen molar-refractivity contribution in [3.63, 3.8) is 0 Å². The van der Waals surface area contributed by atoms with Crippen molar-refractivity contribution in [2.75, 3.05) is 10.6 Å². The zero-order valence-electron chi connectivity index (χ0n) is 12.5. The predicted molar refractivity (Wildman–Crippen MR) is 88.1 cm³/mol. The standard InChI is InChI=1S/C16H15ClN4O2/c1-9-14-12(3-2-4-13(14)22)20-15(18-9)21-16(23)19-11-7-5-10(17)6-8-11/h5-8H,2-4H2,1H3,(H2,18,19,20,21,23). The zero-order chi connectivity index (χ0) is 16.4. The predicted octanol–water partition coefficient (Wildman–Crippen LogP) is 3.60. The van der Waals surface area contributed by atoms with Crippen LogP contribution in [0, 0.1) is 6.92 Å². The molecule has 1 heterocycles. The molecule has 0 aliphatic heterocycles. The summed E-state index contributed by atoms with van der Waals surface area (Å²) in [5, 5.41) is 5.86. The number of fused-ring (bicyclic) bond motifs is 1. The number of halogens is 1. The molecule has 0 saturated carbocycles. The molecule has 1 aromatic carbocycles. The molecule has 1 aliphatic carbocycles. The highest BCUT2D eigenvalue weighted by Crippen LogP contribution is 2.23. The first-order chi connectivity index (χ1) is 11.0. The van der Waals surface area contributed by atoms with Gasteiger partial charge in [-0.25, -0.2) is 14.8 Å². The lowest BCUT2D eigenvalue weighted by Gasteiger charge is -2.16. The van der Waals surface area contributed by atoms with E-state index in [1.807, 2.05) is 0 Å². The van der Waals surface area contributed by atoms with Gasteiger partial charge in [-0.1, -0.05) is 11.6 Å². The summed E-state index contributed by atoms with van der Waals surface area (Å²) in [6.07, 6.45) is 2.03. The Kier molecular flexibility index (Phi) is 4.25. The number of rotatable bonds is 2. The van der Waals surface area contributed by atoms with Crippen LogP contribution in [0.1, 0.15) is 34.6 Å². The van der Waals surface area contributed by atoms with Crippen molar-refractivity contribution in [2.45, 2.75) is 26.2 Å². The van der Waals surface area contributed by atoms with Gasteiger partial charge in [0.1, 0.15) is 0 Å². The van der Waals surface area contributed by atoms with Gasteiger partial charge >= 0.3 is 6.03 Å². The molecule has 0 unspecified atom stereocenters. The van der Waals surface area contributed by atoms with Gasteiger partial charge in [-0.3, -0.25) is 10.1 Å². The lowest BCUT2D eigenvalue weighted by molar-refractivity contribution is 0.0970. The van der Waals surface area contributed by atoms with E-state index in [9.17, 15) is 9.59 Å². The van der Waals surface area contributed by atoms with Gasteiger partial charge < -0.3 is 5.32 Å². The third-order valence-electron chi connectivity index (χ3n) is 3.59. The molecular formula is C16H15ClN4O2. The molecule has 1 aliphatic rings. The van der Waals surface area contributed by atoms with E-state index < -0.39 is 6.03 Å². The second-order valence-electron chi connectivity index (χ2n) is 5.32. The van der Waals surface area contributed by atoms with Crippen LogP contribution >= 0.6 is 11.6 Å². The monoisotopic (exact) mass is 330 g/mol. The number of aryl methyl sites for hydroxylation is 2. The Bertz CT molecular complexity index is 774. The first-order valence-electron chi connectivity index (χ1n) is 7.27. The van der Waals surface area contributed by atoms with Crippen LogP contribution in [-0.4, -0.2) is 21.8 Å². The van der Waals surface area contributed by atoms with E-state index in [0.29, 0.717) is 34.1 Å². The first kappa shape index (κ1) is 15.4. The van der Waals surface area contributed by atoms with E-state index in [-0.39, 0.29) is 11.7 Å². The smallest absolute Gasteiger partial charge is 0.308 e. The maximum Gasteiger partial charge on any atom is 0.326 e. The second kappa shape index (κ2) is 6.34. The molecule has 2 amide bonds. The van der Waals surface area contributed by atoms with Crippen LogP contribution in [0.5, 0.6) is 0 Å². The third-order valence-corrected chi connectivity index (χ3v) is 3.84. The van der Waals surface area contributed by atoms with Gasteiger partial charge in [-0.15, -0.1) is 0 Å². The van der Waals surface area contributed by atoms with Crippen LogP contribution in [0.4, 0.5) is 16.4 Å². The summed E-state index contributed by atoms with van der Waals surface area (Å²) >= 11 is 5.80. The summed E-state index contributed by atoms with van der Waals surface area (Å²) in [5.41, 5.74) is 2.51. The highest BCUT2D eigenvalue weighted by molar-refractivity contribution is 6.30. The van der Waals surface area contributed by atoms with Crippen molar-refractivity contribution in [2.24, 2.45) is 0 Å². The molecule has 0 spiro atoms. The molecule has 23 heavy (non-hydrogen) atoms. The SMILES string of the molecule is Cc1nc(NC(=O)Nc2ccc(Cl)cc2)nc2c1C(=O)CCC2. The molecule has 2 N–H and O–H groups in total. The lowest BCUT2D eigenvalue weighted by Crippen LogP contribution is -2.23. The number of ketones is 1. The third kappa shape index (κ3) is 3.48. The topological polar surface area (TPSA) is 84.0 Å². The van der Waals surface area contributed by atoms with Gasteiger partial charge in [0.25, 0.3) is 0 Å². The van der Waals surface area contributed by atoms with Crippen molar-refractivity contribution < 1.29 is 9.59 Å². The maximum absolute atomic E-state index is 12.0. The van der Waals surface area contributed by atoms with Gasteiger partial charge in [-0.2, -0.15) is 0 Å². The first-order valence-corrected chi connectivity index (χ1v) is 7.65. The quantitative estimate of drug-likeness (QED) is 0.881. The molecule has 118 valence electrons.